The van der Waals surface area contributed by atoms with E-state index in [2.05, 4.69) is 0 Å². The van der Waals surface area contributed by atoms with Crippen LogP contribution in [0.3, 0.4) is 0 Å². The quantitative estimate of drug-likeness (QED) is 0.834. The lowest BCUT2D eigenvalue weighted by atomic mass is 10.1. The highest BCUT2D eigenvalue weighted by Gasteiger charge is 2.32. The molecule has 0 bridgehead atoms. The Hall–Kier alpha value is -1.46. The Balaban J connectivity index is 2.59. The molecule has 2 aromatic rings. The Morgan fingerprint density at radius 2 is 1.63 bits per heavy atom. The Kier molecular flexibility index (Phi) is 3.60. The summed E-state index contributed by atoms with van der Waals surface area (Å²) in [5, 5.41) is 0.485. The van der Waals surface area contributed by atoms with Crippen molar-refractivity contribution in [1.82, 2.24) is 4.98 Å². The lowest BCUT2D eigenvalue weighted by Crippen LogP contribution is -2.15. The SMILES string of the molecule is O=c1cc(-c2ccc(Cl)c(Cl)c2)cc(C(F)(F)F)[nH]1. The Morgan fingerprint density at radius 3 is 2.21 bits per heavy atom. The van der Waals surface area contributed by atoms with Crippen LogP contribution < -0.4 is 5.56 Å². The Morgan fingerprint density at radius 1 is 0.947 bits per heavy atom. The molecule has 0 radical (unpaired) electrons. The molecule has 0 unspecified atom stereocenters. The zero-order chi connectivity index (χ0) is 14.2. The van der Waals surface area contributed by atoms with Gasteiger partial charge in [0, 0.05) is 6.07 Å². The molecule has 2 nitrogen and oxygen atoms in total. The van der Waals surface area contributed by atoms with Crippen LogP contribution in [-0.2, 0) is 6.18 Å². The van der Waals surface area contributed by atoms with Crippen molar-refractivity contribution < 1.29 is 13.2 Å². The normalized spacial score (nSPS) is 11.6. The molecule has 7 heteroatoms. The number of hydrogen-bond donors (Lipinski definition) is 1. The molecule has 0 atom stereocenters. The van der Waals surface area contributed by atoms with E-state index in [1.165, 1.54) is 18.2 Å². The largest absolute Gasteiger partial charge is 0.431 e. The molecule has 0 amide bonds. The number of pyridine rings is 1. The highest BCUT2D eigenvalue weighted by atomic mass is 35.5. The van der Waals surface area contributed by atoms with E-state index < -0.39 is 17.4 Å². The summed E-state index contributed by atoms with van der Waals surface area (Å²) in [5.41, 5.74) is -1.45. The van der Waals surface area contributed by atoms with Crippen molar-refractivity contribution in [1.29, 1.82) is 0 Å². The topological polar surface area (TPSA) is 32.9 Å². The first kappa shape index (κ1) is 14.0. The van der Waals surface area contributed by atoms with Crippen molar-refractivity contribution in [3.63, 3.8) is 0 Å². The number of aromatic nitrogens is 1. The molecular formula is C12H6Cl2F3NO. The fraction of sp³-hybridized carbons (Fsp3) is 0.0833. The van der Waals surface area contributed by atoms with E-state index in [4.69, 9.17) is 23.2 Å². The number of aromatic amines is 1. The lowest BCUT2D eigenvalue weighted by molar-refractivity contribution is -0.141. The van der Waals surface area contributed by atoms with Gasteiger partial charge in [-0.1, -0.05) is 29.3 Å². The smallest absolute Gasteiger partial charge is 0.318 e. The number of hydrogen-bond acceptors (Lipinski definition) is 1. The van der Waals surface area contributed by atoms with Crippen LogP contribution in [0, 0.1) is 0 Å². The van der Waals surface area contributed by atoms with Crippen LogP contribution in [0.5, 0.6) is 0 Å². The molecule has 2 rings (SSSR count). The molecule has 0 spiro atoms. The maximum absolute atomic E-state index is 12.6. The number of benzene rings is 1. The fourth-order valence-electron chi connectivity index (χ4n) is 1.54. The highest BCUT2D eigenvalue weighted by molar-refractivity contribution is 6.42. The summed E-state index contributed by atoms with van der Waals surface area (Å²) in [6, 6.07) is 6.26. The number of alkyl halides is 3. The summed E-state index contributed by atoms with van der Waals surface area (Å²) in [5.74, 6) is 0. The summed E-state index contributed by atoms with van der Waals surface area (Å²) >= 11 is 11.5. The van der Waals surface area contributed by atoms with Gasteiger partial charge in [-0.3, -0.25) is 4.79 Å². The Bertz CT molecular complexity index is 679. The van der Waals surface area contributed by atoms with E-state index in [1.807, 2.05) is 0 Å². The van der Waals surface area contributed by atoms with Gasteiger partial charge in [-0.05, 0) is 29.3 Å². The number of nitrogens with one attached hydrogen (secondary N) is 1. The van der Waals surface area contributed by atoms with E-state index in [9.17, 15) is 18.0 Å². The van der Waals surface area contributed by atoms with Crippen molar-refractivity contribution in [2.24, 2.45) is 0 Å². The monoisotopic (exact) mass is 307 g/mol. The third-order valence-electron chi connectivity index (χ3n) is 2.40. The van der Waals surface area contributed by atoms with Crippen molar-refractivity contribution in [2.75, 3.05) is 0 Å². The summed E-state index contributed by atoms with van der Waals surface area (Å²) in [4.78, 5) is 13.0. The summed E-state index contributed by atoms with van der Waals surface area (Å²) in [6.45, 7) is 0. The van der Waals surface area contributed by atoms with Crippen LogP contribution in [0.15, 0.2) is 35.1 Å². The van der Waals surface area contributed by atoms with Crippen LogP contribution in [-0.4, -0.2) is 4.98 Å². The average molecular weight is 308 g/mol. The van der Waals surface area contributed by atoms with Gasteiger partial charge in [0.25, 0.3) is 0 Å². The maximum atomic E-state index is 12.6. The average Bonchev–Trinajstić information content (AvgIpc) is 2.31. The number of rotatable bonds is 1. The van der Waals surface area contributed by atoms with E-state index in [1.54, 1.807) is 4.98 Å². The molecule has 0 saturated heterocycles. The second-order valence-corrected chi connectivity index (χ2v) is 4.59. The third kappa shape index (κ3) is 3.11. The van der Waals surface area contributed by atoms with Crippen LogP contribution in [0.1, 0.15) is 5.69 Å². The van der Waals surface area contributed by atoms with E-state index >= 15 is 0 Å². The second-order valence-electron chi connectivity index (χ2n) is 3.77. The first-order valence-electron chi connectivity index (χ1n) is 5.04. The van der Waals surface area contributed by atoms with E-state index in [0.717, 1.165) is 12.1 Å². The second kappa shape index (κ2) is 4.90. The van der Waals surface area contributed by atoms with Gasteiger partial charge in [0.05, 0.1) is 10.0 Å². The molecular weight excluding hydrogens is 302 g/mol. The predicted molar refractivity (Wildman–Crippen MR) is 67.5 cm³/mol. The van der Waals surface area contributed by atoms with Crippen LogP contribution in [0.4, 0.5) is 13.2 Å². The summed E-state index contributed by atoms with van der Waals surface area (Å²) in [7, 11) is 0. The fourth-order valence-corrected chi connectivity index (χ4v) is 1.84. The minimum absolute atomic E-state index is 0.120. The van der Waals surface area contributed by atoms with Crippen LogP contribution in [0.25, 0.3) is 11.1 Å². The molecule has 0 saturated carbocycles. The van der Waals surface area contributed by atoms with Gasteiger partial charge in [-0.25, -0.2) is 0 Å². The van der Waals surface area contributed by atoms with Crippen LogP contribution in [0.2, 0.25) is 10.0 Å². The molecule has 19 heavy (non-hydrogen) atoms. The molecule has 1 aromatic heterocycles. The van der Waals surface area contributed by atoms with Gasteiger partial charge in [0.15, 0.2) is 0 Å². The maximum Gasteiger partial charge on any atom is 0.431 e. The van der Waals surface area contributed by atoms with Crippen LogP contribution >= 0.6 is 23.2 Å². The zero-order valence-corrected chi connectivity index (χ0v) is 10.7. The number of H-pyrrole nitrogens is 1. The predicted octanol–water partition coefficient (Wildman–Crippen LogP) is 4.37. The molecule has 1 aromatic carbocycles. The number of halogens is 5. The van der Waals surface area contributed by atoms with Gasteiger partial charge in [-0.2, -0.15) is 13.2 Å². The molecule has 0 aliphatic carbocycles. The first-order valence-corrected chi connectivity index (χ1v) is 5.80. The lowest BCUT2D eigenvalue weighted by Gasteiger charge is -2.09. The van der Waals surface area contributed by atoms with Gasteiger partial charge in [0.2, 0.25) is 5.56 Å². The zero-order valence-electron chi connectivity index (χ0n) is 9.18. The highest BCUT2D eigenvalue weighted by Crippen LogP contribution is 2.31. The van der Waals surface area contributed by atoms with Gasteiger partial charge < -0.3 is 4.98 Å². The standard InChI is InChI=1S/C12H6Cl2F3NO/c13-8-2-1-6(3-9(8)14)7-4-10(12(15,16)17)18-11(19)5-7/h1-5H,(H,18,19). The molecule has 0 aliphatic heterocycles. The Labute approximate surface area is 115 Å². The van der Waals surface area contributed by atoms with Gasteiger partial charge >= 0.3 is 6.18 Å². The van der Waals surface area contributed by atoms with Crippen molar-refractivity contribution >= 4 is 23.2 Å². The van der Waals surface area contributed by atoms with Gasteiger partial charge in [-0.15, -0.1) is 0 Å². The molecule has 0 aliphatic rings. The molecule has 100 valence electrons. The molecule has 1 N–H and O–H groups in total. The van der Waals surface area contributed by atoms with E-state index in [0.29, 0.717) is 5.56 Å². The molecule has 0 fully saturated rings. The summed E-state index contributed by atoms with van der Waals surface area (Å²) < 4.78 is 37.8. The van der Waals surface area contributed by atoms with Crippen molar-refractivity contribution in [2.45, 2.75) is 6.18 Å². The van der Waals surface area contributed by atoms with E-state index in [-0.39, 0.29) is 15.6 Å². The van der Waals surface area contributed by atoms with Gasteiger partial charge in [0.1, 0.15) is 5.69 Å². The minimum Gasteiger partial charge on any atom is -0.318 e. The van der Waals surface area contributed by atoms with Crippen molar-refractivity contribution in [3.8, 4) is 11.1 Å². The third-order valence-corrected chi connectivity index (χ3v) is 3.14. The first-order chi connectivity index (χ1) is 8.77. The summed E-state index contributed by atoms with van der Waals surface area (Å²) in [6.07, 6.45) is -4.62. The van der Waals surface area contributed by atoms with Crippen molar-refractivity contribution in [3.05, 3.63) is 56.4 Å². The molecule has 1 heterocycles. The minimum atomic E-state index is -4.62.